The predicted octanol–water partition coefficient (Wildman–Crippen LogP) is 2.55. The Morgan fingerprint density at radius 2 is 1.93 bits per heavy atom. The number of ether oxygens (including phenoxy) is 1. The van der Waals surface area contributed by atoms with Gasteiger partial charge < -0.3 is 10.1 Å². The Morgan fingerprint density at radius 3 is 2.64 bits per heavy atom. The van der Waals surface area contributed by atoms with E-state index >= 15 is 0 Å². The number of amides is 1. The van der Waals surface area contributed by atoms with E-state index in [2.05, 4.69) is 10.3 Å². The Morgan fingerprint density at radius 1 is 1.18 bits per heavy atom. The molecule has 2 aromatic carbocycles. The fraction of sp³-hybridized carbons (Fsp3) is 0.190. The Kier molecular flexibility index (Phi) is 6.16. The average molecular weight is 381 g/mol. The zero-order valence-electron chi connectivity index (χ0n) is 15.4. The SMILES string of the molecule is Cc1ccc(OCCNC(=O)Cn2cnc(-c3ccccc3F)cc2=O)cc1. The van der Waals surface area contributed by atoms with E-state index in [4.69, 9.17) is 4.74 Å². The van der Waals surface area contributed by atoms with Crippen molar-refractivity contribution in [2.75, 3.05) is 13.2 Å². The summed E-state index contributed by atoms with van der Waals surface area (Å²) in [4.78, 5) is 28.3. The third kappa shape index (κ3) is 5.03. The number of aromatic nitrogens is 2. The van der Waals surface area contributed by atoms with Crippen molar-refractivity contribution in [2.24, 2.45) is 0 Å². The molecule has 0 aliphatic heterocycles. The number of carbonyl (C=O) groups excluding carboxylic acids is 1. The highest BCUT2D eigenvalue weighted by atomic mass is 19.1. The molecule has 0 aliphatic carbocycles. The van der Waals surface area contributed by atoms with E-state index in [1.54, 1.807) is 18.2 Å². The van der Waals surface area contributed by atoms with Crippen LogP contribution in [0.3, 0.4) is 0 Å². The van der Waals surface area contributed by atoms with Crippen LogP contribution >= 0.6 is 0 Å². The normalized spacial score (nSPS) is 10.5. The Hall–Kier alpha value is -3.48. The molecule has 0 radical (unpaired) electrons. The number of hydrogen-bond acceptors (Lipinski definition) is 4. The molecule has 1 amide bonds. The van der Waals surface area contributed by atoms with Gasteiger partial charge in [-0.3, -0.25) is 14.2 Å². The molecule has 0 fully saturated rings. The molecule has 1 heterocycles. The molecule has 0 aliphatic rings. The molecule has 0 saturated heterocycles. The summed E-state index contributed by atoms with van der Waals surface area (Å²) in [6.45, 7) is 2.44. The Balaban J connectivity index is 1.52. The smallest absolute Gasteiger partial charge is 0.254 e. The van der Waals surface area contributed by atoms with Crippen LogP contribution in [-0.4, -0.2) is 28.6 Å². The van der Waals surface area contributed by atoms with E-state index in [9.17, 15) is 14.0 Å². The molecular formula is C21H20FN3O3. The number of hydrogen-bond donors (Lipinski definition) is 1. The number of aryl methyl sites for hydroxylation is 1. The maximum absolute atomic E-state index is 13.8. The summed E-state index contributed by atoms with van der Waals surface area (Å²) in [5.41, 5.74) is 1.18. The zero-order chi connectivity index (χ0) is 19.9. The van der Waals surface area contributed by atoms with E-state index in [1.165, 1.54) is 23.0 Å². The molecular weight excluding hydrogens is 361 g/mol. The highest BCUT2D eigenvalue weighted by molar-refractivity contribution is 5.75. The summed E-state index contributed by atoms with van der Waals surface area (Å²) in [7, 11) is 0. The number of benzene rings is 2. The lowest BCUT2D eigenvalue weighted by Gasteiger charge is -2.09. The highest BCUT2D eigenvalue weighted by Crippen LogP contribution is 2.18. The summed E-state index contributed by atoms with van der Waals surface area (Å²) in [6, 6.07) is 14.9. The van der Waals surface area contributed by atoms with Crippen molar-refractivity contribution < 1.29 is 13.9 Å². The van der Waals surface area contributed by atoms with Crippen LogP contribution in [0.4, 0.5) is 4.39 Å². The third-order valence-corrected chi connectivity index (χ3v) is 4.06. The molecule has 0 saturated carbocycles. The van der Waals surface area contributed by atoms with Crippen molar-refractivity contribution in [3.05, 3.63) is 82.7 Å². The molecule has 0 atom stereocenters. The van der Waals surface area contributed by atoms with Gasteiger partial charge in [0.15, 0.2) is 0 Å². The van der Waals surface area contributed by atoms with Gasteiger partial charge in [-0.15, -0.1) is 0 Å². The summed E-state index contributed by atoms with van der Waals surface area (Å²) < 4.78 is 20.5. The van der Waals surface area contributed by atoms with E-state index in [1.807, 2.05) is 31.2 Å². The minimum absolute atomic E-state index is 0.173. The van der Waals surface area contributed by atoms with Gasteiger partial charge in [0.1, 0.15) is 24.7 Å². The van der Waals surface area contributed by atoms with Gasteiger partial charge in [0, 0.05) is 11.6 Å². The molecule has 144 valence electrons. The van der Waals surface area contributed by atoms with Crippen molar-refractivity contribution >= 4 is 5.91 Å². The zero-order valence-corrected chi connectivity index (χ0v) is 15.4. The second kappa shape index (κ2) is 8.94. The number of rotatable bonds is 7. The fourth-order valence-electron chi connectivity index (χ4n) is 2.57. The van der Waals surface area contributed by atoms with Gasteiger partial charge in [-0.05, 0) is 31.2 Å². The van der Waals surface area contributed by atoms with Crippen LogP contribution < -0.4 is 15.6 Å². The van der Waals surface area contributed by atoms with E-state index < -0.39 is 11.4 Å². The topological polar surface area (TPSA) is 73.2 Å². The molecule has 7 heteroatoms. The van der Waals surface area contributed by atoms with Crippen LogP contribution in [-0.2, 0) is 11.3 Å². The third-order valence-electron chi connectivity index (χ3n) is 4.06. The minimum Gasteiger partial charge on any atom is -0.492 e. The Labute approximate surface area is 161 Å². The molecule has 6 nitrogen and oxygen atoms in total. The monoisotopic (exact) mass is 381 g/mol. The lowest BCUT2D eigenvalue weighted by molar-refractivity contribution is -0.121. The van der Waals surface area contributed by atoms with Gasteiger partial charge in [0.25, 0.3) is 5.56 Å². The van der Waals surface area contributed by atoms with Crippen molar-refractivity contribution in [3.8, 4) is 17.0 Å². The first-order valence-corrected chi connectivity index (χ1v) is 8.80. The van der Waals surface area contributed by atoms with Crippen LogP contribution in [0, 0.1) is 12.7 Å². The lowest BCUT2D eigenvalue weighted by atomic mass is 10.1. The number of nitrogens with zero attached hydrogens (tertiary/aromatic N) is 2. The second-order valence-electron chi connectivity index (χ2n) is 6.23. The van der Waals surface area contributed by atoms with Crippen LogP contribution in [0.2, 0.25) is 0 Å². The van der Waals surface area contributed by atoms with Crippen LogP contribution in [0.25, 0.3) is 11.3 Å². The van der Waals surface area contributed by atoms with Crippen LogP contribution in [0.1, 0.15) is 5.56 Å². The summed E-state index contributed by atoms with van der Waals surface area (Å²) in [6.07, 6.45) is 1.24. The van der Waals surface area contributed by atoms with E-state index in [0.717, 1.165) is 11.3 Å². The molecule has 1 aromatic heterocycles. The first kappa shape index (κ1) is 19.3. The molecule has 3 aromatic rings. The fourth-order valence-corrected chi connectivity index (χ4v) is 2.57. The van der Waals surface area contributed by atoms with Gasteiger partial charge >= 0.3 is 0 Å². The molecule has 0 bridgehead atoms. The van der Waals surface area contributed by atoms with E-state index in [-0.39, 0.29) is 23.7 Å². The van der Waals surface area contributed by atoms with Crippen molar-refractivity contribution in [1.82, 2.24) is 14.9 Å². The largest absolute Gasteiger partial charge is 0.492 e. The van der Waals surface area contributed by atoms with Gasteiger partial charge in [-0.2, -0.15) is 0 Å². The van der Waals surface area contributed by atoms with Gasteiger partial charge in [0.2, 0.25) is 5.91 Å². The molecule has 0 spiro atoms. The second-order valence-corrected chi connectivity index (χ2v) is 6.23. The maximum Gasteiger partial charge on any atom is 0.254 e. The lowest BCUT2D eigenvalue weighted by Crippen LogP contribution is -2.34. The molecule has 0 unspecified atom stereocenters. The first-order chi connectivity index (χ1) is 13.5. The van der Waals surface area contributed by atoms with E-state index in [0.29, 0.717) is 13.2 Å². The quantitative estimate of drug-likeness (QED) is 0.639. The van der Waals surface area contributed by atoms with Crippen molar-refractivity contribution in [2.45, 2.75) is 13.5 Å². The summed E-state index contributed by atoms with van der Waals surface area (Å²) in [5, 5.41) is 2.68. The first-order valence-electron chi connectivity index (χ1n) is 8.80. The van der Waals surface area contributed by atoms with Crippen LogP contribution in [0.5, 0.6) is 5.75 Å². The molecule has 3 rings (SSSR count). The van der Waals surface area contributed by atoms with Gasteiger partial charge in [-0.1, -0.05) is 29.8 Å². The van der Waals surface area contributed by atoms with Crippen LogP contribution in [0.15, 0.2) is 65.7 Å². The van der Waals surface area contributed by atoms with Gasteiger partial charge in [-0.25, -0.2) is 9.37 Å². The average Bonchev–Trinajstić information content (AvgIpc) is 2.69. The summed E-state index contributed by atoms with van der Waals surface area (Å²) in [5.74, 6) is -0.0717. The standard InChI is InChI=1S/C21H20FN3O3/c1-15-6-8-16(9-7-15)28-11-10-23-20(26)13-25-14-24-19(12-21(25)27)17-4-2-3-5-18(17)22/h2-9,12,14H,10-11,13H2,1H3,(H,23,26). The molecule has 28 heavy (non-hydrogen) atoms. The number of nitrogens with one attached hydrogen (secondary N) is 1. The van der Waals surface area contributed by atoms with Crippen molar-refractivity contribution in [1.29, 1.82) is 0 Å². The predicted molar refractivity (Wildman–Crippen MR) is 104 cm³/mol. The number of carbonyl (C=O) groups is 1. The Bertz CT molecular complexity index is 1020. The van der Waals surface area contributed by atoms with Gasteiger partial charge in [0.05, 0.1) is 18.6 Å². The molecule has 1 N–H and O–H groups in total. The van der Waals surface area contributed by atoms with Crippen molar-refractivity contribution in [3.63, 3.8) is 0 Å². The minimum atomic E-state index is -0.460. The maximum atomic E-state index is 13.8. The highest BCUT2D eigenvalue weighted by Gasteiger charge is 2.09. The number of halogens is 1. The summed E-state index contributed by atoms with van der Waals surface area (Å²) >= 11 is 0.